The SMILES string of the molecule is COc1ccccc1C(=O)NS(=O)(=O)c1ccc(C(=O)NC2CC2)cc1.N#CCO/N=C(\C#N)c1ccccc1. The summed E-state index contributed by atoms with van der Waals surface area (Å²) in [6.07, 6.45) is 1.93. The van der Waals surface area contributed by atoms with Crippen LogP contribution in [0.25, 0.3) is 0 Å². The van der Waals surface area contributed by atoms with Gasteiger partial charge in [0.1, 0.15) is 17.9 Å². The Morgan fingerprint density at radius 3 is 2.17 bits per heavy atom. The van der Waals surface area contributed by atoms with E-state index in [4.69, 9.17) is 15.3 Å². The van der Waals surface area contributed by atoms with Gasteiger partial charge in [-0.25, -0.2) is 13.1 Å². The number of nitriles is 2. The molecule has 1 saturated carbocycles. The normalized spacial score (nSPS) is 12.4. The molecule has 12 heteroatoms. The second kappa shape index (κ2) is 14.1. The summed E-state index contributed by atoms with van der Waals surface area (Å²) in [5.74, 6) is -0.764. The van der Waals surface area contributed by atoms with Crippen LogP contribution in [0.5, 0.6) is 5.75 Å². The Hall–Kier alpha value is -5.20. The van der Waals surface area contributed by atoms with Gasteiger partial charge < -0.3 is 14.9 Å². The first kappa shape index (κ1) is 29.4. The van der Waals surface area contributed by atoms with Crippen LogP contribution in [-0.4, -0.2) is 45.7 Å². The lowest BCUT2D eigenvalue weighted by atomic mass is 10.1. The fraction of sp³-hybridized carbons (Fsp3) is 0.179. The summed E-state index contributed by atoms with van der Waals surface area (Å²) in [6, 6.07) is 24.5. The largest absolute Gasteiger partial charge is 0.496 e. The van der Waals surface area contributed by atoms with Crippen LogP contribution in [0.4, 0.5) is 0 Å². The number of oxime groups is 1. The lowest BCUT2D eigenvalue weighted by molar-refractivity contribution is 0.0948. The van der Waals surface area contributed by atoms with Gasteiger partial charge in [-0.1, -0.05) is 47.6 Å². The maximum absolute atomic E-state index is 12.4. The van der Waals surface area contributed by atoms with E-state index in [9.17, 15) is 18.0 Å². The Kier molecular flexibility index (Phi) is 10.3. The molecule has 0 atom stereocenters. The van der Waals surface area contributed by atoms with Crippen molar-refractivity contribution in [2.24, 2.45) is 5.16 Å². The predicted octanol–water partition coefficient (Wildman–Crippen LogP) is 3.16. The number of hydrogen-bond donors (Lipinski definition) is 2. The summed E-state index contributed by atoms with van der Waals surface area (Å²) in [5.41, 5.74) is 1.32. The molecule has 0 aliphatic heterocycles. The van der Waals surface area contributed by atoms with Gasteiger partial charge in [0.2, 0.25) is 6.61 Å². The summed E-state index contributed by atoms with van der Waals surface area (Å²) in [7, 11) is -2.68. The van der Waals surface area contributed by atoms with E-state index in [0.717, 1.165) is 12.8 Å². The van der Waals surface area contributed by atoms with Crippen molar-refractivity contribution in [1.82, 2.24) is 10.0 Å². The Labute approximate surface area is 231 Å². The van der Waals surface area contributed by atoms with Crippen LogP contribution < -0.4 is 14.8 Å². The lowest BCUT2D eigenvalue weighted by Crippen LogP contribution is -2.31. The number of nitrogens with zero attached hydrogens (tertiary/aromatic N) is 3. The molecule has 1 aliphatic carbocycles. The van der Waals surface area contributed by atoms with E-state index in [2.05, 4.69) is 15.3 Å². The van der Waals surface area contributed by atoms with Gasteiger partial charge in [-0.3, -0.25) is 9.59 Å². The molecule has 40 heavy (non-hydrogen) atoms. The lowest BCUT2D eigenvalue weighted by Gasteiger charge is -2.10. The molecule has 0 heterocycles. The third-order valence-electron chi connectivity index (χ3n) is 5.36. The number of carbonyl (C=O) groups excluding carboxylic acids is 2. The molecule has 0 saturated heterocycles. The van der Waals surface area contributed by atoms with Gasteiger partial charge in [0.05, 0.1) is 17.6 Å². The molecule has 0 bridgehead atoms. The van der Waals surface area contributed by atoms with Gasteiger partial charge in [0, 0.05) is 17.2 Å². The summed E-state index contributed by atoms with van der Waals surface area (Å²) < 4.78 is 31.9. The van der Waals surface area contributed by atoms with Crippen LogP contribution in [0.1, 0.15) is 39.1 Å². The molecular formula is C28H25N5O6S. The van der Waals surface area contributed by atoms with Crippen molar-refractivity contribution in [1.29, 1.82) is 10.5 Å². The van der Waals surface area contributed by atoms with Crippen molar-refractivity contribution in [3.63, 3.8) is 0 Å². The van der Waals surface area contributed by atoms with Crippen LogP contribution in [0.15, 0.2) is 88.9 Å². The first-order valence-electron chi connectivity index (χ1n) is 11.9. The highest BCUT2D eigenvalue weighted by atomic mass is 32.2. The maximum atomic E-state index is 12.4. The minimum absolute atomic E-state index is 0.108. The van der Waals surface area contributed by atoms with Gasteiger partial charge in [-0.05, 0) is 49.2 Å². The Balaban J connectivity index is 0.000000267. The molecule has 1 fully saturated rings. The van der Waals surface area contributed by atoms with Crippen molar-refractivity contribution in [2.45, 2.75) is 23.8 Å². The molecule has 1 aliphatic rings. The number of carbonyl (C=O) groups is 2. The number of hydrogen-bond acceptors (Lipinski definition) is 9. The Morgan fingerprint density at radius 2 is 1.57 bits per heavy atom. The summed E-state index contributed by atoms with van der Waals surface area (Å²) in [4.78, 5) is 28.7. The van der Waals surface area contributed by atoms with Crippen molar-refractivity contribution < 1.29 is 27.6 Å². The zero-order valence-corrected chi connectivity index (χ0v) is 22.2. The van der Waals surface area contributed by atoms with Crippen molar-refractivity contribution in [3.05, 3.63) is 95.6 Å². The molecule has 3 aromatic carbocycles. The zero-order valence-electron chi connectivity index (χ0n) is 21.4. The molecule has 11 nitrogen and oxygen atoms in total. The minimum atomic E-state index is -4.07. The summed E-state index contributed by atoms with van der Waals surface area (Å²) in [5, 5.41) is 23.3. The molecule has 3 aromatic rings. The van der Waals surface area contributed by atoms with Crippen LogP contribution >= 0.6 is 0 Å². The topological polar surface area (TPSA) is 171 Å². The first-order chi connectivity index (χ1) is 19.3. The van der Waals surface area contributed by atoms with Gasteiger partial charge in [0.15, 0.2) is 5.71 Å². The van der Waals surface area contributed by atoms with E-state index in [1.165, 1.54) is 37.4 Å². The second-order valence-electron chi connectivity index (χ2n) is 8.26. The molecule has 2 N–H and O–H groups in total. The zero-order chi connectivity index (χ0) is 29.0. The van der Waals surface area contributed by atoms with E-state index in [-0.39, 0.29) is 40.5 Å². The van der Waals surface area contributed by atoms with Crippen LogP contribution in [0, 0.1) is 22.7 Å². The number of amides is 2. The standard InChI is InChI=1S/C18H18N2O5S.C10H7N3O/c1-25-16-5-3-2-4-15(16)18(22)20-26(23,24)14-10-6-12(7-11-14)17(21)19-13-8-9-13;11-6-7-14-13-10(8-12)9-4-2-1-3-5-9/h2-7,10-11,13H,8-9H2,1H3,(H,19,21)(H,20,22);1-5H,7H2/b;13-10+. The average Bonchev–Trinajstić information content (AvgIpc) is 3.80. The summed E-state index contributed by atoms with van der Waals surface area (Å²) in [6.45, 7) is -0.155. The van der Waals surface area contributed by atoms with Crippen LogP contribution in [0.2, 0.25) is 0 Å². The second-order valence-corrected chi connectivity index (χ2v) is 9.94. The molecule has 2 amide bonds. The summed E-state index contributed by atoms with van der Waals surface area (Å²) >= 11 is 0. The number of rotatable bonds is 9. The monoisotopic (exact) mass is 559 g/mol. The molecule has 0 spiro atoms. The number of methoxy groups -OCH3 is 1. The Bertz CT molecular complexity index is 1560. The third-order valence-corrected chi connectivity index (χ3v) is 6.70. The molecule has 0 unspecified atom stereocenters. The van der Waals surface area contributed by atoms with Gasteiger partial charge in [-0.15, -0.1) is 0 Å². The predicted molar refractivity (Wildman–Crippen MR) is 145 cm³/mol. The molecule has 0 radical (unpaired) electrons. The average molecular weight is 560 g/mol. The van der Waals surface area contributed by atoms with Gasteiger partial charge in [0.25, 0.3) is 21.8 Å². The fourth-order valence-electron chi connectivity index (χ4n) is 3.21. The third kappa shape index (κ3) is 8.41. The molecule has 0 aromatic heterocycles. The van der Waals surface area contributed by atoms with E-state index in [0.29, 0.717) is 11.1 Å². The number of nitrogens with one attached hydrogen (secondary N) is 2. The number of benzene rings is 3. The smallest absolute Gasteiger partial charge is 0.268 e. The van der Waals surface area contributed by atoms with E-state index < -0.39 is 15.9 Å². The van der Waals surface area contributed by atoms with Crippen molar-refractivity contribution >= 4 is 27.5 Å². The highest BCUT2D eigenvalue weighted by molar-refractivity contribution is 7.90. The maximum Gasteiger partial charge on any atom is 0.268 e. The number of para-hydroxylation sites is 1. The van der Waals surface area contributed by atoms with E-state index >= 15 is 0 Å². The van der Waals surface area contributed by atoms with Crippen LogP contribution in [-0.2, 0) is 14.9 Å². The van der Waals surface area contributed by atoms with E-state index in [1.807, 2.05) is 16.9 Å². The minimum Gasteiger partial charge on any atom is -0.496 e. The van der Waals surface area contributed by atoms with Crippen LogP contribution in [0.3, 0.4) is 0 Å². The highest BCUT2D eigenvalue weighted by Gasteiger charge is 2.25. The molecule has 204 valence electrons. The molecular weight excluding hydrogens is 534 g/mol. The fourth-order valence-corrected chi connectivity index (χ4v) is 4.18. The van der Waals surface area contributed by atoms with Gasteiger partial charge >= 0.3 is 0 Å². The number of sulfonamides is 1. The van der Waals surface area contributed by atoms with Crippen molar-refractivity contribution in [3.8, 4) is 17.9 Å². The first-order valence-corrected chi connectivity index (χ1v) is 13.4. The highest BCUT2D eigenvalue weighted by Crippen LogP contribution is 2.20. The van der Waals surface area contributed by atoms with E-state index in [1.54, 1.807) is 48.5 Å². The quantitative estimate of drug-likeness (QED) is 0.229. The molecule has 4 rings (SSSR count). The Morgan fingerprint density at radius 1 is 0.925 bits per heavy atom. The number of ether oxygens (including phenoxy) is 1. The van der Waals surface area contributed by atoms with Crippen molar-refractivity contribution in [2.75, 3.05) is 13.7 Å². The van der Waals surface area contributed by atoms with Gasteiger partial charge in [-0.2, -0.15) is 10.5 Å².